The fourth-order valence-corrected chi connectivity index (χ4v) is 5.98. The van der Waals surface area contributed by atoms with Crippen LogP contribution in [0.4, 0.5) is 11.5 Å². The lowest BCUT2D eigenvalue weighted by Gasteiger charge is -2.24. The van der Waals surface area contributed by atoms with Crippen molar-refractivity contribution in [3.05, 3.63) is 95.8 Å². The number of nitrogens with zero attached hydrogens (tertiary/aromatic N) is 4. The molecule has 1 unspecified atom stereocenters. The summed E-state index contributed by atoms with van der Waals surface area (Å²) < 4.78 is 30.1. The van der Waals surface area contributed by atoms with E-state index in [0.717, 1.165) is 5.56 Å². The number of aryl methyl sites for hydroxylation is 1. The summed E-state index contributed by atoms with van der Waals surface area (Å²) in [7, 11) is -3.85. The van der Waals surface area contributed by atoms with Crippen molar-refractivity contribution in [2.75, 3.05) is 9.62 Å². The van der Waals surface area contributed by atoms with Crippen molar-refractivity contribution in [3.63, 3.8) is 0 Å². The predicted molar refractivity (Wildman–Crippen MR) is 130 cm³/mol. The summed E-state index contributed by atoms with van der Waals surface area (Å²) in [6.45, 7) is 3.70. The molecule has 1 atom stereocenters. The molecule has 1 amide bonds. The van der Waals surface area contributed by atoms with Crippen LogP contribution in [0.15, 0.2) is 83.9 Å². The number of anilines is 2. The first-order valence-electron chi connectivity index (χ1n) is 10.9. The summed E-state index contributed by atoms with van der Waals surface area (Å²) in [6, 6.07) is 20.5. The molecule has 0 radical (unpaired) electrons. The number of carbonyl (C=O) groups excluding carboxylic acids is 1. The van der Waals surface area contributed by atoms with Gasteiger partial charge in [-0.3, -0.25) is 9.10 Å². The van der Waals surface area contributed by atoms with Gasteiger partial charge in [-0.15, -0.1) is 0 Å². The number of aromatic nitrogens is 3. The van der Waals surface area contributed by atoms with E-state index in [1.54, 1.807) is 36.5 Å². The standard InChI is InChI=1S/C25H23N5O3S/c1-17-14-24(29(28-17)23-12-5-6-13-26-23)27-25(31)20-9-7-10-21(16-20)34(32,33)30-18(2)15-19-8-3-4-11-22(19)30/h3-14,16,18H,15H2,1-2H3,(H,27,31). The van der Waals surface area contributed by atoms with E-state index in [0.29, 0.717) is 29.4 Å². The van der Waals surface area contributed by atoms with Gasteiger partial charge in [0, 0.05) is 23.9 Å². The fourth-order valence-electron chi connectivity index (χ4n) is 4.25. The molecule has 8 nitrogen and oxygen atoms in total. The van der Waals surface area contributed by atoms with Crippen LogP contribution in [0.3, 0.4) is 0 Å². The maximum absolute atomic E-state index is 13.6. The van der Waals surface area contributed by atoms with Gasteiger partial charge in [-0.2, -0.15) is 9.78 Å². The van der Waals surface area contributed by atoms with Gasteiger partial charge in [-0.1, -0.05) is 30.3 Å². The Bertz CT molecular complexity index is 1480. The first-order chi connectivity index (χ1) is 16.3. The van der Waals surface area contributed by atoms with Gasteiger partial charge < -0.3 is 5.32 Å². The third-order valence-electron chi connectivity index (χ3n) is 5.74. The van der Waals surface area contributed by atoms with E-state index in [9.17, 15) is 13.2 Å². The molecule has 2 aromatic carbocycles. The molecular weight excluding hydrogens is 450 g/mol. The van der Waals surface area contributed by atoms with Crippen molar-refractivity contribution < 1.29 is 13.2 Å². The molecule has 0 bridgehead atoms. The molecule has 9 heteroatoms. The van der Waals surface area contributed by atoms with Crippen molar-refractivity contribution in [1.29, 1.82) is 0 Å². The van der Waals surface area contributed by atoms with Gasteiger partial charge in [-0.25, -0.2) is 13.4 Å². The Labute approximate surface area is 197 Å². The molecule has 172 valence electrons. The minimum atomic E-state index is -3.85. The highest BCUT2D eigenvalue weighted by molar-refractivity contribution is 7.92. The van der Waals surface area contributed by atoms with Crippen LogP contribution in [0.25, 0.3) is 5.82 Å². The maximum Gasteiger partial charge on any atom is 0.264 e. The highest BCUT2D eigenvalue weighted by Crippen LogP contribution is 2.36. The third-order valence-corrected chi connectivity index (χ3v) is 7.66. The molecule has 0 spiro atoms. The van der Waals surface area contributed by atoms with E-state index >= 15 is 0 Å². The Hall–Kier alpha value is -3.98. The fraction of sp³-hybridized carbons (Fsp3) is 0.160. The lowest BCUT2D eigenvalue weighted by Crippen LogP contribution is -2.35. The van der Waals surface area contributed by atoms with Crippen LogP contribution in [0.5, 0.6) is 0 Å². The van der Waals surface area contributed by atoms with Gasteiger partial charge >= 0.3 is 0 Å². The van der Waals surface area contributed by atoms with Crippen LogP contribution in [0.1, 0.15) is 28.5 Å². The molecule has 1 aliphatic heterocycles. The number of rotatable bonds is 5. The number of nitrogens with one attached hydrogen (secondary N) is 1. The second kappa shape index (κ2) is 8.42. The molecule has 1 N–H and O–H groups in total. The Morgan fingerprint density at radius 3 is 2.62 bits per heavy atom. The molecular formula is C25H23N5O3S. The molecule has 5 rings (SSSR count). The molecule has 0 saturated carbocycles. The van der Waals surface area contributed by atoms with Crippen LogP contribution in [-0.2, 0) is 16.4 Å². The molecule has 2 aromatic heterocycles. The summed E-state index contributed by atoms with van der Waals surface area (Å²) in [5, 5.41) is 7.24. The normalized spacial score (nSPS) is 15.2. The van der Waals surface area contributed by atoms with E-state index in [-0.39, 0.29) is 16.5 Å². The Kier molecular flexibility index (Phi) is 5.41. The first kappa shape index (κ1) is 21.8. The van der Waals surface area contributed by atoms with Gasteiger partial charge in [0.15, 0.2) is 5.82 Å². The van der Waals surface area contributed by atoms with E-state index in [1.807, 2.05) is 44.2 Å². The predicted octanol–water partition coefficient (Wildman–Crippen LogP) is 3.97. The average Bonchev–Trinajstić information content (AvgIpc) is 3.38. The van der Waals surface area contributed by atoms with Crippen molar-refractivity contribution in [3.8, 4) is 5.82 Å². The van der Waals surface area contributed by atoms with Crippen LogP contribution >= 0.6 is 0 Å². The zero-order valence-electron chi connectivity index (χ0n) is 18.7. The molecule has 0 fully saturated rings. The van der Waals surface area contributed by atoms with Crippen LogP contribution in [0.2, 0.25) is 0 Å². The van der Waals surface area contributed by atoms with Gasteiger partial charge in [0.05, 0.1) is 16.3 Å². The lowest BCUT2D eigenvalue weighted by molar-refractivity contribution is 0.102. The number of hydrogen-bond donors (Lipinski definition) is 1. The zero-order valence-corrected chi connectivity index (χ0v) is 19.5. The average molecular weight is 474 g/mol. The molecule has 4 aromatic rings. The molecule has 1 aliphatic rings. The Morgan fingerprint density at radius 2 is 1.82 bits per heavy atom. The van der Waals surface area contributed by atoms with E-state index < -0.39 is 15.9 Å². The van der Waals surface area contributed by atoms with Crippen molar-refractivity contribution in [2.24, 2.45) is 0 Å². The smallest absolute Gasteiger partial charge is 0.264 e. The Balaban J connectivity index is 1.45. The SMILES string of the molecule is Cc1cc(NC(=O)c2cccc(S(=O)(=O)N3c4ccccc4CC3C)c2)n(-c2ccccn2)n1. The number of benzene rings is 2. The number of carbonyl (C=O) groups is 1. The topological polar surface area (TPSA) is 97.2 Å². The van der Waals surface area contributed by atoms with Gasteiger partial charge in [-0.05, 0) is 62.2 Å². The highest BCUT2D eigenvalue weighted by atomic mass is 32.2. The number of para-hydroxylation sites is 1. The first-order valence-corrected chi connectivity index (χ1v) is 12.3. The summed E-state index contributed by atoms with van der Waals surface area (Å²) in [4.78, 5) is 17.4. The second-order valence-corrected chi connectivity index (χ2v) is 10.1. The van der Waals surface area contributed by atoms with Gasteiger partial charge in [0.1, 0.15) is 5.82 Å². The summed E-state index contributed by atoms with van der Waals surface area (Å²) in [6.07, 6.45) is 2.29. The van der Waals surface area contributed by atoms with E-state index in [4.69, 9.17) is 0 Å². The number of amides is 1. The quantitative estimate of drug-likeness (QED) is 0.473. The lowest BCUT2D eigenvalue weighted by atomic mass is 10.1. The number of hydrogen-bond acceptors (Lipinski definition) is 5. The zero-order chi connectivity index (χ0) is 23.9. The van der Waals surface area contributed by atoms with Gasteiger partial charge in [0.2, 0.25) is 0 Å². The number of sulfonamides is 1. The minimum absolute atomic E-state index is 0.0677. The van der Waals surface area contributed by atoms with Crippen LogP contribution in [-0.4, -0.2) is 35.1 Å². The van der Waals surface area contributed by atoms with Crippen molar-refractivity contribution >= 4 is 27.4 Å². The number of fused-ring (bicyclic) bond motifs is 1. The number of pyridine rings is 1. The Morgan fingerprint density at radius 1 is 1.03 bits per heavy atom. The molecule has 3 heterocycles. The monoisotopic (exact) mass is 473 g/mol. The van der Waals surface area contributed by atoms with E-state index in [2.05, 4.69) is 15.4 Å². The summed E-state index contributed by atoms with van der Waals surface area (Å²) in [5.41, 5.74) is 2.61. The van der Waals surface area contributed by atoms with Crippen molar-refractivity contribution in [2.45, 2.75) is 31.2 Å². The van der Waals surface area contributed by atoms with Gasteiger partial charge in [0.25, 0.3) is 15.9 Å². The van der Waals surface area contributed by atoms with Crippen LogP contribution in [0, 0.1) is 6.92 Å². The minimum Gasteiger partial charge on any atom is -0.306 e. The third kappa shape index (κ3) is 3.84. The largest absolute Gasteiger partial charge is 0.306 e. The van der Waals surface area contributed by atoms with Crippen molar-refractivity contribution in [1.82, 2.24) is 14.8 Å². The summed E-state index contributed by atoms with van der Waals surface area (Å²) in [5.74, 6) is 0.560. The molecule has 0 aliphatic carbocycles. The van der Waals surface area contributed by atoms with E-state index in [1.165, 1.54) is 21.1 Å². The highest BCUT2D eigenvalue weighted by Gasteiger charge is 2.36. The maximum atomic E-state index is 13.6. The molecule has 34 heavy (non-hydrogen) atoms. The van der Waals surface area contributed by atoms with Crippen LogP contribution < -0.4 is 9.62 Å². The molecule has 0 saturated heterocycles. The summed E-state index contributed by atoms with van der Waals surface area (Å²) >= 11 is 0. The second-order valence-electron chi connectivity index (χ2n) is 8.24.